The summed E-state index contributed by atoms with van der Waals surface area (Å²) in [5, 5.41) is 7.62. The smallest absolute Gasteiger partial charge is 0.278 e. The maximum Gasteiger partial charge on any atom is 0.278 e. The lowest BCUT2D eigenvalue weighted by molar-refractivity contribution is 0.875. The van der Waals surface area contributed by atoms with Crippen molar-refractivity contribution in [2.75, 3.05) is 0 Å². The molecule has 0 atom stereocenters. The van der Waals surface area contributed by atoms with E-state index in [0.29, 0.717) is 5.78 Å². The van der Waals surface area contributed by atoms with Gasteiger partial charge in [0.15, 0.2) is 0 Å². The lowest BCUT2D eigenvalue weighted by atomic mass is 10.3. The zero-order chi connectivity index (χ0) is 10.4. The first-order valence-corrected chi connectivity index (χ1v) is 4.57. The molecule has 15 heavy (non-hydrogen) atoms. The van der Waals surface area contributed by atoms with Crippen LogP contribution in [0.5, 0.6) is 0 Å². The van der Waals surface area contributed by atoms with E-state index in [9.17, 15) is 4.79 Å². The van der Waals surface area contributed by atoms with Gasteiger partial charge in [-0.15, -0.1) is 10.2 Å². The summed E-state index contributed by atoms with van der Waals surface area (Å²) in [7, 11) is 1.87. The van der Waals surface area contributed by atoms with Crippen LogP contribution in [0.4, 0.5) is 0 Å². The fourth-order valence-electron chi connectivity index (χ4n) is 1.82. The molecule has 3 aromatic rings. The lowest BCUT2D eigenvalue weighted by Crippen LogP contribution is -2.14. The molecule has 74 valence electrons. The van der Waals surface area contributed by atoms with Gasteiger partial charge in [0.05, 0.1) is 11.0 Å². The number of rotatable bonds is 0. The topological polar surface area (TPSA) is 52.2 Å². The highest BCUT2D eigenvalue weighted by atomic mass is 16.1. The van der Waals surface area contributed by atoms with Crippen LogP contribution in [0, 0.1) is 0 Å². The average molecular weight is 200 g/mol. The molecule has 2 aromatic heterocycles. The van der Waals surface area contributed by atoms with Gasteiger partial charge >= 0.3 is 0 Å². The second-order valence-corrected chi connectivity index (χ2v) is 3.37. The van der Waals surface area contributed by atoms with Gasteiger partial charge in [0.2, 0.25) is 5.78 Å². The molecule has 0 aliphatic heterocycles. The number of hydrogen-bond donors (Lipinski definition) is 0. The summed E-state index contributed by atoms with van der Waals surface area (Å²) in [6, 6.07) is 7.67. The van der Waals surface area contributed by atoms with Gasteiger partial charge < -0.3 is 4.57 Å². The number of aryl methyl sites for hydroxylation is 1. The third-order valence-electron chi connectivity index (χ3n) is 2.52. The fourth-order valence-corrected chi connectivity index (χ4v) is 1.82. The Labute approximate surface area is 84.6 Å². The summed E-state index contributed by atoms with van der Waals surface area (Å²) in [5.41, 5.74) is 1.67. The van der Waals surface area contributed by atoms with Gasteiger partial charge in [0, 0.05) is 7.05 Å². The summed E-state index contributed by atoms with van der Waals surface area (Å²) in [6.45, 7) is 0. The van der Waals surface area contributed by atoms with Crippen molar-refractivity contribution in [3.05, 3.63) is 40.8 Å². The molecule has 0 amide bonds. The standard InChI is InChI=1S/C10H8N4O/c1-13-7-4-2-3-5-8(7)14-9(15)6-11-12-10(13)14/h2-6H,1H3. The summed E-state index contributed by atoms with van der Waals surface area (Å²) >= 11 is 0. The molecular weight excluding hydrogens is 192 g/mol. The maximum atomic E-state index is 11.7. The highest BCUT2D eigenvalue weighted by Crippen LogP contribution is 2.15. The Morgan fingerprint density at radius 3 is 2.73 bits per heavy atom. The van der Waals surface area contributed by atoms with E-state index in [1.54, 1.807) is 4.40 Å². The van der Waals surface area contributed by atoms with Gasteiger partial charge in [-0.3, -0.25) is 4.79 Å². The van der Waals surface area contributed by atoms with E-state index >= 15 is 0 Å². The molecule has 0 aliphatic rings. The van der Waals surface area contributed by atoms with Gasteiger partial charge in [-0.2, -0.15) is 0 Å². The normalized spacial score (nSPS) is 11.3. The molecular formula is C10H8N4O. The van der Waals surface area contributed by atoms with E-state index in [2.05, 4.69) is 10.2 Å². The summed E-state index contributed by atoms with van der Waals surface area (Å²) in [4.78, 5) is 11.7. The van der Waals surface area contributed by atoms with Crippen molar-refractivity contribution in [2.45, 2.75) is 0 Å². The number of aromatic nitrogens is 4. The Hall–Kier alpha value is -2.17. The van der Waals surface area contributed by atoms with E-state index in [4.69, 9.17) is 0 Å². The van der Waals surface area contributed by atoms with Gasteiger partial charge in [0.25, 0.3) is 5.56 Å². The zero-order valence-electron chi connectivity index (χ0n) is 8.08. The molecule has 2 heterocycles. The minimum atomic E-state index is -0.156. The molecule has 5 nitrogen and oxygen atoms in total. The molecule has 0 N–H and O–H groups in total. The molecule has 0 fully saturated rings. The minimum absolute atomic E-state index is 0.156. The summed E-state index contributed by atoms with van der Waals surface area (Å²) < 4.78 is 3.41. The van der Waals surface area contributed by atoms with Crippen molar-refractivity contribution in [3.63, 3.8) is 0 Å². The third-order valence-corrected chi connectivity index (χ3v) is 2.52. The Morgan fingerprint density at radius 2 is 1.93 bits per heavy atom. The van der Waals surface area contributed by atoms with E-state index in [0.717, 1.165) is 11.0 Å². The van der Waals surface area contributed by atoms with E-state index in [1.165, 1.54) is 6.20 Å². The molecule has 1 aromatic carbocycles. The molecule has 3 rings (SSSR count). The third kappa shape index (κ3) is 0.942. The average Bonchev–Trinajstić information content (AvgIpc) is 2.55. The van der Waals surface area contributed by atoms with E-state index < -0.39 is 0 Å². The molecule has 0 unspecified atom stereocenters. The molecule has 0 saturated carbocycles. The number of para-hydroxylation sites is 2. The van der Waals surface area contributed by atoms with Crippen LogP contribution < -0.4 is 5.56 Å². The van der Waals surface area contributed by atoms with Crippen molar-refractivity contribution in [1.29, 1.82) is 0 Å². The molecule has 0 spiro atoms. The second-order valence-electron chi connectivity index (χ2n) is 3.37. The lowest BCUT2D eigenvalue weighted by Gasteiger charge is -1.92. The first-order chi connectivity index (χ1) is 7.29. The molecule has 0 bridgehead atoms. The molecule has 5 heteroatoms. The van der Waals surface area contributed by atoms with E-state index in [-0.39, 0.29) is 5.56 Å². The largest absolute Gasteiger partial charge is 0.311 e. The molecule has 0 aliphatic carbocycles. The SMILES string of the molecule is Cn1c2ccccc2n2c(=O)cnnc12. The molecule has 0 radical (unpaired) electrons. The van der Waals surface area contributed by atoms with Crippen molar-refractivity contribution in [1.82, 2.24) is 19.2 Å². The van der Waals surface area contributed by atoms with Gasteiger partial charge in [-0.1, -0.05) is 12.1 Å². The first kappa shape index (κ1) is 8.16. The molecule has 0 saturated heterocycles. The Kier molecular flexibility index (Phi) is 1.45. The van der Waals surface area contributed by atoms with Gasteiger partial charge in [0.1, 0.15) is 6.20 Å². The Balaban J connectivity index is 2.77. The number of nitrogens with zero attached hydrogens (tertiary/aromatic N) is 4. The van der Waals surface area contributed by atoms with Crippen LogP contribution in [0.3, 0.4) is 0 Å². The first-order valence-electron chi connectivity index (χ1n) is 4.57. The van der Waals surface area contributed by atoms with Crippen LogP contribution in [0.1, 0.15) is 0 Å². The van der Waals surface area contributed by atoms with Crippen LogP contribution >= 0.6 is 0 Å². The van der Waals surface area contributed by atoms with Crippen molar-refractivity contribution < 1.29 is 0 Å². The second kappa shape index (κ2) is 2.66. The number of imidazole rings is 1. The Bertz CT molecular complexity index is 710. The van der Waals surface area contributed by atoms with E-state index in [1.807, 2.05) is 35.9 Å². The van der Waals surface area contributed by atoms with Crippen molar-refractivity contribution in [3.8, 4) is 0 Å². The van der Waals surface area contributed by atoms with Gasteiger partial charge in [-0.05, 0) is 12.1 Å². The predicted octanol–water partition coefficient (Wildman–Crippen LogP) is 0.581. The maximum absolute atomic E-state index is 11.7. The number of hydrogen-bond acceptors (Lipinski definition) is 3. The highest BCUT2D eigenvalue weighted by Gasteiger charge is 2.09. The summed E-state index contributed by atoms with van der Waals surface area (Å²) in [6.07, 6.45) is 1.22. The van der Waals surface area contributed by atoms with Crippen LogP contribution in [0.2, 0.25) is 0 Å². The van der Waals surface area contributed by atoms with Gasteiger partial charge in [-0.25, -0.2) is 4.40 Å². The monoisotopic (exact) mass is 200 g/mol. The zero-order valence-corrected chi connectivity index (χ0v) is 8.08. The highest BCUT2D eigenvalue weighted by molar-refractivity contribution is 5.80. The number of benzene rings is 1. The number of fused-ring (bicyclic) bond motifs is 3. The van der Waals surface area contributed by atoms with Crippen LogP contribution in [-0.4, -0.2) is 19.2 Å². The Morgan fingerprint density at radius 1 is 1.20 bits per heavy atom. The fraction of sp³-hybridized carbons (Fsp3) is 0.100. The van der Waals surface area contributed by atoms with Crippen molar-refractivity contribution >= 4 is 16.8 Å². The van der Waals surface area contributed by atoms with Crippen molar-refractivity contribution in [2.24, 2.45) is 7.05 Å². The minimum Gasteiger partial charge on any atom is -0.311 e. The van der Waals surface area contributed by atoms with Crippen LogP contribution in [0.25, 0.3) is 16.8 Å². The quantitative estimate of drug-likeness (QED) is 0.533. The van der Waals surface area contributed by atoms with Crippen LogP contribution in [-0.2, 0) is 7.05 Å². The predicted molar refractivity (Wildman–Crippen MR) is 55.7 cm³/mol. The van der Waals surface area contributed by atoms with Crippen LogP contribution in [0.15, 0.2) is 35.3 Å². The summed E-state index contributed by atoms with van der Waals surface area (Å²) in [5.74, 6) is 0.559.